The summed E-state index contributed by atoms with van der Waals surface area (Å²) in [7, 11) is 1.41. The van der Waals surface area contributed by atoms with Gasteiger partial charge in [0, 0.05) is 0 Å². The number of carbonyl (C=O) groups excluding carboxylic acids is 1. The summed E-state index contributed by atoms with van der Waals surface area (Å²) in [6, 6.07) is 16.4. The topological polar surface area (TPSA) is 26.3 Å². The largest absolute Gasteiger partial charge is 0.469 e. The van der Waals surface area contributed by atoms with Gasteiger partial charge in [0.1, 0.15) is 0 Å². The lowest BCUT2D eigenvalue weighted by atomic mass is 10.0. The van der Waals surface area contributed by atoms with Crippen LogP contribution >= 0.6 is 0 Å². The SMILES string of the molecule is COC(=O)Cc1ccc(-c2ccc(C)cc2)cc1. The van der Waals surface area contributed by atoms with Crippen LogP contribution < -0.4 is 0 Å². The van der Waals surface area contributed by atoms with Crippen LogP contribution in [0.15, 0.2) is 48.5 Å². The van der Waals surface area contributed by atoms with Gasteiger partial charge in [-0.3, -0.25) is 4.79 Å². The van der Waals surface area contributed by atoms with E-state index in [-0.39, 0.29) is 5.97 Å². The molecule has 0 amide bonds. The van der Waals surface area contributed by atoms with Crippen molar-refractivity contribution in [3.8, 4) is 11.1 Å². The third-order valence-corrected chi connectivity index (χ3v) is 2.91. The fraction of sp³-hybridized carbons (Fsp3) is 0.188. The minimum absolute atomic E-state index is 0.210. The quantitative estimate of drug-likeness (QED) is 0.769. The summed E-state index contributed by atoms with van der Waals surface area (Å²) in [6.45, 7) is 2.07. The number of methoxy groups -OCH3 is 1. The number of hydrogen-bond donors (Lipinski definition) is 0. The number of hydrogen-bond acceptors (Lipinski definition) is 2. The molecule has 0 bridgehead atoms. The number of benzene rings is 2. The Morgan fingerprint density at radius 3 is 1.94 bits per heavy atom. The van der Waals surface area contributed by atoms with E-state index >= 15 is 0 Å². The Morgan fingerprint density at radius 2 is 1.44 bits per heavy atom. The van der Waals surface area contributed by atoms with Crippen LogP contribution in [-0.4, -0.2) is 13.1 Å². The molecule has 0 saturated carbocycles. The van der Waals surface area contributed by atoms with E-state index in [4.69, 9.17) is 0 Å². The Morgan fingerprint density at radius 1 is 0.944 bits per heavy atom. The van der Waals surface area contributed by atoms with Gasteiger partial charge in [-0.25, -0.2) is 0 Å². The Balaban J connectivity index is 2.17. The molecule has 0 radical (unpaired) electrons. The highest BCUT2D eigenvalue weighted by atomic mass is 16.5. The Hall–Kier alpha value is -2.09. The third kappa shape index (κ3) is 2.98. The lowest BCUT2D eigenvalue weighted by Crippen LogP contribution is -2.04. The van der Waals surface area contributed by atoms with Gasteiger partial charge in [-0.2, -0.15) is 0 Å². The van der Waals surface area contributed by atoms with Gasteiger partial charge < -0.3 is 4.74 Å². The van der Waals surface area contributed by atoms with Gasteiger partial charge in [-0.15, -0.1) is 0 Å². The van der Waals surface area contributed by atoms with E-state index in [1.165, 1.54) is 18.2 Å². The minimum Gasteiger partial charge on any atom is -0.469 e. The predicted molar refractivity (Wildman–Crippen MR) is 72.3 cm³/mol. The summed E-state index contributed by atoms with van der Waals surface area (Å²) < 4.78 is 4.64. The van der Waals surface area contributed by atoms with Crippen molar-refractivity contribution in [1.82, 2.24) is 0 Å². The highest BCUT2D eigenvalue weighted by Gasteiger charge is 2.03. The molecule has 0 unspecified atom stereocenters. The molecule has 0 aliphatic rings. The molecule has 0 fully saturated rings. The molecule has 0 N–H and O–H groups in total. The van der Waals surface area contributed by atoms with E-state index in [9.17, 15) is 4.79 Å². The summed E-state index contributed by atoms with van der Waals surface area (Å²) >= 11 is 0. The zero-order valence-corrected chi connectivity index (χ0v) is 10.6. The molecule has 0 aliphatic carbocycles. The highest BCUT2D eigenvalue weighted by Crippen LogP contribution is 2.20. The van der Waals surface area contributed by atoms with Gasteiger partial charge in [0.2, 0.25) is 0 Å². The number of rotatable bonds is 3. The lowest BCUT2D eigenvalue weighted by Gasteiger charge is -2.04. The van der Waals surface area contributed by atoms with Crippen LogP contribution in [0.2, 0.25) is 0 Å². The van der Waals surface area contributed by atoms with Gasteiger partial charge in [-0.1, -0.05) is 54.1 Å². The van der Waals surface area contributed by atoms with E-state index in [1.54, 1.807) is 0 Å². The van der Waals surface area contributed by atoms with E-state index < -0.39 is 0 Å². The number of carbonyl (C=O) groups is 1. The minimum atomic E-state index is -0.210. The molecule has 0 aromatic heterocycles. The van der Waals surface area contributed by atoms with E-state index in [1.807, 2.05) is 24.3 Å². The molecule has 2 aromatic carbocycles. The highest BCUT2D eigenvalue weighted by molar-refractivity contribution is 5.73. The number of ether oxygens (including phenoxy) is 1. The van der Waals surface area contributed by atoms with Crippen molar-refractivity contribution < 1.29 is 9.53 Å². The Labute approximate surface area is 107 Å². The van der Waals surface area contributed by atoms with Crippen molar-refractivity contribution >= 4 is 5.97 Å². The molecule has 2 aromatic rings. The van der Waals surface area contributed by atoms with Crippen molar-refractivity contribution in [1.29, 1.82) is 0 Å². The normalized spacial score (nSPS) is 10.1. The summed E-state index contributed by atoms with van der Waals surface area (Å²) in [6.07, 6.45) is 0.324. The Bertz CT molecular complexity index is 524. The first-order valence-corrected chi connectivity index (χ1v) is 5.92. The number of aryl methyl sites for hydroxylation is 1. The first-order valence-electron chi connectivity index (χ1n) is 5.92. The van der Waals surface area contributed by atoms with Crippen LogP contribution in [0.3, 0.4) is 0 Å². The average molecular weight is 240 g/mol. The second-order valence-corrected chi connectivity index (χ2v) is 4.32. The van der Waals surface area contributed by atoms with E-state index in [0.717, 1.165) is 11.1 Å². The van der Waals surface area contributed by atoms with Crippen molar-refractivity contribution in [3.63, 3.8) is 0 Å². The lowest BCUT2D eigenvalue weighted by molar-refractivity contribution is -0.139. The zero-order chi connectivity index (χ0) is 13.0. The van der Waals surface area contributed by atoms with Crippen LogP contribution in [0.5, 0.6) is 0 Å². The molecule has 0 spiro atoms. The summed E-state index contributed by atoms with van der Waals surface area (Å²) in [4.78, 5) is 11.2. The summed E-state index contributed by atoms with van der Waals surface area (Å²) in [5.41, 5.74) is 4.56. The molecule has 0 aliphatic heterocycles. The second kappa shape index (κ2) is 5.50. The van der Waals surface area contributed by atoms with Crippen LogP contribution in [0.1, 0.15) is 11.1 Å². The molecular weight excluding hydrogens is 224 g/mol. The van der Waals surface area contributed by atoms with Gasteiger partial charge in [0.05, 0.1) is 13.5 Å². The van der Waals surface area contributed by atoms with Crippen molar-refractivity contribution in [3.05, 3.63) is 59.7 Å². The van der Waals surface area contributed by atoms with Crippen molar-refractivity contribution in [2.45, 2.75) is 13.3 Å². The maximum atomic E-state index is 11.2. The Kier molecular flexibility index (Phi) is 3.78. The molecule has 2 nitrogen and oxygen atoms in total. The third-order valence-electron chi connectivity index (χ3n) is 2.91. The van der Waals surface area contributed by atoms with Gasteiger partial charge in [0.15, 0.2) is 0 Å². The standard InChI is InChI=1S/C16H16O2/c1-12-3-7-14(8-4-12)15-9-5-13(6-10-15)11-16(17)18-2/h3-10H,11H2,1-2H3. The number of esters is 1. The molecule has 0 atom stereocenters. The summed E-state index contributed by atoms with van der Waals surface area (Å²) in [5, 5.41) is 0. The maximum Gasteiger partial charge on any atom is 0.309 e. The fourth-order valence-corrected chi connectivity index (χ4v) is 1.80. The molecule has 0 saturated heterocycles. The summed E-state index contributed by atoms with van der Waals surface area (Å²) in [5.74, 6) is -0.210. The molecular formula is C16H16O2. The smallest absolute Gasteiger partial charge is 0.309 e. The maximum absolute atomic E-state index is 11.2. The van der Waals surface area contributed by atoms with Crippen LogP contribution in [-0.2, 0) is 16.0 Å². The van der Waals surface area contributed by atoms with Crippen LogP contribution in [0, 0.1) is 6.92 Å². The molecule has 2 rings (SSSR count). The fourth-order valence-electron chi connectivity index (χ4n) is 1.80. The van der Waals surface area contributed by atoms with Gasteiger partial charge >= 0.3 is 5.97 Å². The van der Waals surface area contributed by atoms with Crippen LogP contribution in [0.4, 0.5) is 0 Å². The molecule has 0 heterocycles. The van der Waals surface area contributed by atoms with Crippen molar-refractivity contribution in [2.75, 3.05) is 7.11 Å². The first kappa shape index (κ1) is 12.4. The predicted octanol–water partition coefficient (Wildman–Crippen LogP) is 3.38. The molecule has 92 valence electrons. The van der Waals surface area contributed by atoms with Gasteiger partial charge in [-0.05, 0) is 23.6 Å². The van der Waals surface area contributed by atoms with E-state index in [2.05, 4.69) is 35.9 Å². The zero-order valence-electron chi connectivity index (χ0n) is 10.6. The average Bonchev–Trinajstić information content (AvgIpc) is 2.40. The van der Waals surface area contributed by atoms with Crippen LogP contribution in [0.25, 0.3) is 11.1 Å². The molecule has 2 heteroatoms. The van der Waals surface area contributed by atoms with Gasteiger partial charge in [0.25, 0.3) is 0 Å². The second-order valence-electron chi connectivity index (χ2n) is 4.32. The van der Waals surface area contributed by atoms with E-state index in [0.29, 0.717) is 6.42 Å². The first-order chi connectivity index (χ1) is 8.69. The van der Waals surface area contributed by atoms with Crippen molar-refractivity contribution in [2.24, 2.45) is 0 Å². The monoisotopic (exact) mass is 240 g/mol. The molecule has 18 heavy (non-hydrogen) atoms.